The predicted octanol–water partition coefficient (Wildman–Crippen LogP) is 2.16. The molecule has 0 saturated carbocycles. The fourth-order valence-corrected chi connectivity index (χ4v) is 4.91. The van der Waals surface area contributed by atoms with Gasteiger partial charge in [0.05, 0.1) is 6.33 Å². The van der Waals surface area contributed by atoms with Crippen molar-refractivity contribution in [2.24, 2.45) is 7.05 Å². The van der Waals surface area contributed by atoms with Crippen molar-refractivity contribution < 1.29 is 8.42 Å². The topological polar surface area (TPSA) is 109 Å². The third kappa shape index (κ3) is 3.78. The monoisotopic (exact) mass is 401 g/mol. The zero-order chi connectivity index (χ0) is 19.7. The molecule has 9 nitrogen and oxygen atoms in total. The summed E-state index contributed by atoms with van der Waals surface area (Å²) in [5, 5.41) is 10.3. The second-order valence-electron chi connectivity index (χ2n) is 7.09. The first-order chi connectivity index (χ1) is 13.4. The maximum absolute atomic E-state index is 12.9. The highest BCUT2D eigenvalue weighted by Crippen LogP contribution is 2.29. The Kier molecular flexibility index (Phi) is 4.90. The van der Waals surface area contributed by atoms with Gasteiger partial charge in [-0.25, -0.2) is 18.4 Å². The number of hydrogen-bond acceptors (Lipinski definition) is 6. The standard InChI is InChI=1S/C18H23N7O2S/c1-13-9-17(23-22-13)21-16-7-3-6-15(20-16)14-5-4-8-25(10-14)28(26,27)18-11-24(2)12-19-18/h3,6-7,9,11-12,14H,4-5,8,10H2,1-2H3,(H2,20,21,22,23). The summed E-state index contributed by atoms with van der Waals surface area (Å²) in [5.41, 5.74) is 1.83. The van der Waals surface area contributed by atoms with Crippen LogP contribution in [-0.4, -0.2) is 50.5 Å². The maximum atomic E-state index is 12.9. The highest BCUT2D eigenvalue weighted by molar-refractivity contribution is 7.89. The van der Waals surface area contributed by atoms with E-state index >= 15 is 0 Å². The Hall–Kier alpha value is -2.72. The lowest BCUT2D eigenvalue weighted by Crippen LogP contribution is -2.39. The highest BCUT2D eigenvalue weighted by Gasteiger charge is 2.32. The molecular weight excluding hydrogens is 378 g/mol. The number of piperidine rings is 1. The number of H-pyrrole nitrogens is 1. The van der Waals surface area contributed by atoms with E-state index in [0.29, 0.717) is 24.7 Å². The number of nitrogens with one attached hydrogen (secondary N) is 2. The summed E-state index contributed by atoms with van der Waals surface area (Å²) >= 11 is 0. The largest absolute Gasteiger partial charge is 0.339 e. The summed E-state index contributed by atoms with van der Waals surface area (Å²) in [5.74, 6) is 1.42. The van der Waals surface area contributed by atoms with Crippen LogP contribution in [0.1, 0.15) is 30.1 Å². The zero-order valence-corrected chi connectivity index (χ0v) is 16.6. The lowest BCUT2D eigenvalue weighted by atomic mass is 9.95. The molecule has 0 aromatic carbocycles. The molecule has 1 fully saturated rings. The van der Waals surface area contributed by atoms with Gasteiger partial charge in [0.1, 0.15) is 5.82 Å². The van der Waals surface area contributed by atoms with E-state index in [1.807, 2.05) is 31.2 Å². The number of hydrogen-bond donors (Lipinski definition) is 2. The van der Waals surface area contributed by atoms with Crippen LogP contribution in [0.3, 0.4) is 0 Å². The van der Waals surface area contributed by atoms with E-state index in [1.54, 1.807) is 11.6 Å². The highest BCUT2D eigenvalue weighted by atomic mass is 32.2. The van der Waals surface area contributed by atoms with E-state index < -0.39 is 10.0 Å². The summed E-state index contributed by atoms with van der Waals surface area (Å²) in [7, 11) is -1.84. The first-order valence-corrected chi connectivity index (χ1v) is 10.6. The number of pyridine rings is 1. The van der Waals surface area contributed by atoms with Crippen molar-refractivity contribution in [1.82, 2.24) is 29.0 Å². The third-order valence-corrected chi connectivity index (χ3v) is 6.57. The predicted molar refractivity (Wildman–Crippen MR) is 105 cm³/mol. The van der Waals surface area contributed by atoms with E-state index in [0.717, 1.165) is 24.2 Å². The van der Waals surface area contributed by atoms with Crippen molar-refractivity contribution in [3.05, 3.63) is 48.2 Å². The van der Waals surface area contributed by atoms with Crippen molar-refractivity contribution in [3.63, 3.8) is 0 Å². The van der Waals surface area contributed by atoms with Crippen molar-refractivity contribution in [2.45, 2.75) is 30.7 Å². The van der Waals surface area contributed by atoms with Gasteiger partial charge in [0, 0.05) is 49.7 Å². The summed E-state index contributed by atoms with van der Waals surface area (Å²) in [4.78, 5) is 8.71. The number of sulfonamides is 1. The number of aromatic amines is 1. The average Bonchev–Trinajstić information content (AvgIpc) is 3.31. The SMILES string of the molecule is Cc1cc(Nc2cccc(C3CCCN(S(=O)(=O)c4cn(C)cn4)C3)n2)n[nH]1. The maximum Gasteiger partial charge on any atom is 0.262 e. The molecule has 4 rings (SSSR count). The van der Waals surface area contributed by atoms with E-state index in [1.165, 1.54) is 16.8 Å². The van der Waals surface area contributed by atoms with Crippen molar-refractivity contribution in [3.8, 4) is 0 Å². The molecule has 0 radical (unpaired) electrons. The van der Waals surface area contributed by atoms with Gasteiger partial charge >= 0.3 is 0 Å². The molecule has 0 spiro atoms. The Balaban J connectivity index is 1.52. The molecule has 3 aromatic heterocycles. The molecule has 2 N–H and O–H groups in total. The van der Waals surface area contributed by atoms with E-state index in [-0.39, 0.29) is 10.9 Å². The van der Waals surface area contributed by atoms with Crippen LogP contribution in [0.15, 0.2) is 41.8 Å². The van der Waals surface area contributed by atoms with Crippen molar-refractivity contribution in [2.75, 3.05) is 18.4 Å². The summed E-state index contributed by atoms with van der Waals surface area (Å²) in [6.45, 7) is 2.83. The van der Waals surface area contributed by atoms with Gasteiger partial charge < -0.3 is 9.88 Å². The van der Waals surface area contributed by atoms with Crippen LogP contribution >= 0.6 is 0 Å². The van der Waals surface area contributed by atoms with Crippen molar-refractivity contribution in [1.29, 1.82) is 0 Å². The summed E-state index contributed by atoms with van der Waals surface area (Å²) < 4.78 is 28.9. The van der Waals surface area contributed by atoms with Crippen LogP contribution in [-0.2, 0) is 17.1 Å². The number of aryl methyl sites for hydroxylation is 2. The van der Waals surface area contributed by atoms with E-state index in [9.17, 15) is 8.42 Å². The quantitative estimate of drug-likeness (QED) is 0.678. The molecule has 10 heteroatoms. The first kappa shape index (κ1) is 18.6. The molecule has 1 atom stereocenters. The van der Waals surface area contributed by atoms with Gasteiger partial charge in [0.15, 0.2) is 10.8 Å². The van der Waals surface area contributed by atoms with Crippen LogP contribution in [0, 0.1) is 6.92 Å². The average molecular weight is 401 g/mol. The van der Waals surface area contributed by atoms with Gasteiger partial charge in [-0.2, -0.15) is 9.40 Å². The van der Waals surface area contributed by atoms with Gasteiger partial charge in [-0.3, -0.25) is 5.10 Å². The van der Waals surface area contributed by atoms with Gasteiger partial charge in [-0.05, 0) is 31.9 Å². The van der Waals surface area contributed by atoms with E-state index in [4.69, 9.17) is 0 Å². The molecular formula is C18H23N7O2S. The van der Waals surface area contributed by atoms with Gasteiger partial charge in [-0.15, -0.1) is 0 Å². The fourth-order valence-electron chi connectivity index (χ4n) is 3.42. The lowest BCUT2D eigenvalue weighted by molar-refractivity contribution is 0.312. The zero-order valence-electron chi connectivity index (χ0n) is 15.8. The van der Waals surface area contributed by atoms with Crippen LogP contribution in [0.25, 0.3) is 0 Å². The van der Waals surface area contributed by atoms with Crippen LogP contribution in [0.4, 0.5) is 11.6 Å². The molecule has 1 unspecified atom stereocenters. The summed E-state index contributed by atoms with van der Waals surface area (Å²) in [6.07, 6.45) is 4.72. The molecule has 0 aliphatic carbocycles. The number of anilines is 2. The molecule has 3 aromatic rings. The minimum absolute atomic E-state index is 0.0370. The number of nitrogens with zero attached hydrogens (tertiary/aromatic N) is 5. The van der Waals surface area contributed by atoms with Gasteiger partial charge in [0.2, 0.25) is 0 Å². The molecule has 0 bridgehead atoms. The Morgan fingerprint density at radius 3 is 2.86 bits per heavy atom. The Bertz CT molecular complexity index is 1070. The Morgan fingerprint density at radius 1 is 1.29 bits per heavy atom. The molecule has 28 heavy (non-hydrogen) atoms. The van der Waals surface area contributed by atoms with E-state index in [2.05, 4.69) is 25.5 Å². The number of rotatable bonds is 5. The van der Waals surface area contributed by atoms with Gasteiger partial charge in [-0.1, -0.05) is 6.07 Å². The molecule has 4 heterocycles. The molecule has 1 aliphatic heterocycles. The fraction of sp³-hybridized carbons (Fsp3) is 0.389. The van der Waals surface area contributed by atoms with Gasteiger partial charge in [0.25, 0.3) is 10.0 Å². The summed E-state index contributed by atoms with van der Waals surface area (Å²) in [6, 6.07) is 7.65. The normalized spacial score (nSPS) is 18.3. The second-order valence-corrected chi connectivity index (χ2v) is 8.97. The molecule has 1 aliphatic rings. The minimum Gasteiger partial charge on any atom is -0.339 e. The Labute approximate surface area is 163 Å². The van der Waals surface area contributed by atoms with Crippen LogP contribution < -0.4 is 5.32 Å². The number of imidazole rings is 1. The van der Waals surface area contributed by atoms with Crippen molar-refractivity contribution >= 4 is 21.7 Å². The minimum atomic E-state index is -3.59. The smallest absolute Gasteiger partial charge is 0.262 e. The second kappa shape index (κ2) is 7.36. The molecule has 1 saturated heterocycles. The molecule has 0 amide bonds. The Morgan fingerprint density at radius 2 is 2.14 bits per heavy atom. The van der Waals surface area contributed by atoms with Crippen LogP contribution in [0.5, 0.6) is 0 Å². The van der Waals surface area contributed by atoms with Crippen LogP contribution in [0.2, 0.25) is 0 Å². The lowest BCUT2D eigenvalue weighted by Gasteiger charge is -2.31. The first-order valence-electron chi connectivity index (χ1n) is 9.16. The molecule has 148 valence electrons. The third-order valence-electron chi connectivity index (χ3n) is 4.82. The number of aromatic nitrogens is 5.